The molecule has 2 aromatic rings. The number of hydrogen-bond donors (Lipinski definition) is 5. The smallest absolute Gasteiger partial charge is 0.167 e. The second kappa shape index (κ2) is 7.05. The molecule has 0 spiro atoms. The second-order valence-corrected chi connectivity index (χ2v) is 6.92. The van der Waals surface area contributed by atoms with Crippen LogP contribution in [0.2, 0.25) is 0 Å². The third-order valence-corrected chi connectivity index (χ3v) is 5.19. The maximum absolute atomic E-state index is 10.2. The van der Waals surface area contributed by atoms with Crippen molar-refractivity contribution in [1.29, 1.82) is 0 Å². The van der Waals surface area contributed by atoms with Crippen LogP contribution in [0.1, 0.15) is 31.9 Å². The molecule has 26 heavy (non-hydrogen) atoms. The summed E-state index contributed by atoms with van der Waals surface area (Å²) in [4.78, 5) is 12.9. The Morgan fingerprint density at radius 3 is 2.54 bits per heavy atom. The van der Waals surface area contributed by atoms with E-state index in [2.05, 4.69) is 20.3 Å². The summed E-state index contributed by atoms with van der Waals surface area (Å²) in [5.74, 6) is 0.585. The lowest BCUT2D eigenvalue weighted by molar-refractivity contribution is -0.0511. The Morgan fingerprint density at radius 2 is 1.85 bits per heavy atom. The molecule has 0 amide bonds. The SMILES string of the molecule is OC[C@H]1O[C@@H](n2cnc3c(NC4CCC(O)CC4)ncnc32)C(O)C1O. The second-order valence-electron chi connectivity index (χ2n) is 6.92. The van der Waals surface area contributed by atoms with Gasteiger partial charge in [-0.1, -0.05) is 0 Å². The molecule has 142 valence electrons. The lowest BCUT2D eigenvalue weighted by atomic mass is 9.93. The summed E-state index contributed by atoms with van der Waals surface area (Å²) in [5, 5.41) is 42.4. The topological polar surface area (TPSA) is 146 Å². The molecule has 1 saturated heterocycles. The van der Waals surface area contributed by atoms with Crippen molar-refractivity contribution in [3.8, 4) is 0 Å². The van der Waals surface area contributed by atoms with Crippen molar-refractivity contribution in [2.45, 2.75) is 62.4 Å². The normalized spacial score (nSPS) is 35.1. The molecule has 0 radical (unpaired) electrons. The first-order valence-electron chi connectivity index (χ1n) is 8.83. The van der Waals surface area contributed by atoms with Crippen molar-refractivity contribution >= 4 is 17.0 Å². The molecule has 4 rings (SSSR count). The van der Waals surface area contributed by atoms with Gasteiger partial charge in [0.25, 0.3) is 0 Å². The number of nitrogens with zero attached hydrogens (tertiary/aromatic N) is 4. The van der Waals surface area contributed by atoms with E-state index < -0.39 is 31.1 Å². The first-order valence-corrected chi connectivity index (χ1v) is 8.83. The first-order chi connectivity index (χ1) is 12.6. The minimum atomic E-state index is -1.20. The van der Waals surface area contributed by atoms with Gasteiger partial charge in [-0.2, -0.15) is 0 Å². The minimum Gasteiger partial charge on any atom is -0.394 e. The number of ether oxygens (including phenoxy) is 1. The van der Waals surface area contributed by atoms with Crippen molar-refractivity contribution in [2.75, 3.05) is 11.9 Å². The van der Waals surface area contributed by atoms with E-state index in [-0.39, 0.29) is 12.1 Å². The molecule has 0 aromatic carbocycles. The number of aliphatic hydroxyl groups is 4. The van der Waals surface area contributed by atoms with Crippen molar-refractivity contribution in [3.63, 3.8) is 0 Å². The van der Waals surface area contributed by atoms with E-state index >= 15 is 0 Å². The van der Waals surface area contributed by atoms with Crippen LogP contribution in [0.15, 0.2) is 12.7 Å². The highest BCUT2D eigenvalue weighted by atomic mass is 16.6. The maximum Gasteiger partial charge on any atom is 0.167 e. The standard InChI is InChI=1S/C16H23N5O5/c22-5-10-12(24)13(25)16(26-10)21-7-19-11-14(17-6-18-15(11)21)20-8-1-3-9(23)4-2-8/h6-10,12-13,16,22-25H,1-5H2,(H,17,18,20)/t8?,9?,10-,12?,13?,16-/m1/s1. The van der Waals surface area contributed by atoms with Gasteiger partial charge in [-0.05, 0) is 25.7 Å². The van der Waals surface area contributed by atoms with E-state index in [0.717, 1.165) is 25.7 Å². The van der Waals surface area contributed by atoms with Gasteiger partial charge in [-0.25, -0.2) is 15.0 Å². The zero-order valence-corrected chi connectivity index (χ0v) is 14.1. The summed E-state index contributed by atoms with van der Waals surface area (Å²) in [6.45, 7) is -0.392. The van der Waals surface area contributed by atoms with Gasteiger partial charge >= 0.3 is 0 Å². The largest absolute Gasteiger partial charge is 0.394 e. The minimum absolute atomic E-state index is 0.204. The fraction of sp³-hybridized carbons (Fsp3) is 0.688. The average Bonchev–Trinajstić information content (AvgIpc) is 3.19. The van der Waals surface area contributed by atoms with Crippen LogP contribution < -0.4 is 5.32 Å². The van der Waals surface area contributed by atoms with Gasteiger partial charge in [0, 0.05) is 6.04 Å². The molecule has 10 heteroatoms. The number of imidazole rings is 1. The highest BCUT2D eigenvalue weighted by Gasteiger charge is 2.44. The zero-order chi connectivity index (χ0) is 18.3. The van der Waals surface area contributed by atoms with Crippen molar-refractivity contribution in [1.82, 2.24) is 19.5 Å². The van der Waals surface area contributed by atoms with Crippen molar-refractivity contribution in [2.24, 2.45) is 0 Å². The molecule has 0 bridgehead atoms. The van der Waals surface area contributed by atoms with Crippen LogP contribution in [0.25, 0.3) is 11.2 Å². The van der Waals surface area contributed by atoms with Gasteiger partial charge in [0.05, 0.1) is 19.0 Å². The van der Waals surface area contributed by atoms with E-state index in [4.69, 9.17) is 4.74 Å². The summed E-state index contributed by atoms with van der Waals surface area (Å²) < 4.78 is 7.09. The summed E-state index contributed by atoms with van der Waals surface area (Å²) in [6.07, 6.45) is 1.73. The van der Waals surface area contributed by atoms with Gasteiger partial charge in [-0.3, -0.25) is 4.57 Å². The quantitative estimate of drug-likeness (QED) is 0.468. The predicted octanol–water partition coefficient (Wildman–Crippen LogP) is -0.847. The molecule has 10 nitrogen and oxygen atoms in total. The summed E-state index contributed by atoms with van der Waals surface area (Å²) in [7, 11) is 0. The highest BCUT2D eigenvalue weighted by molar-refractivity contribution is 5.82. The molecule has 1 aliphatic heterocycles. The average molecular weight is 365 g/mol. The van der Waals surface area contributed by atoms with Gasteiger partial charge in [0.2, 0.25) is 0 Å². The van der Waals surface area contributed by atoms with Gasteiger partial charge in [-0.15, -0.1) is 0 Å². The van der Waals surface area contributed by atoms with E-state index in [1.165, 1.54) is 17.2 Å². The van der Waals surface area contributed by atoms with Crippen LogP contribution >= 0.6 is 0 Å². The number of hydrogen-bond acceptors (Lipinski definition) is 9. The molecular formula is C16H23N5O5. The predicted molar refractivity (Wildman–Crippen MR) is 90.2 cm³/mol. The van der Waals surface area contributed by atoms with E-state index in [1.807, 2.05) is 0 Å². The lowest BCUT2D eigenvalue weighted by Gasteiger charge is -2.26. The molecular weight excluding hydrogens is 342 g/mol. The number of fused-ring (bicyclic) bond motifs is 1. The van der Waals surface area contributed by atoms with Crippen LogP contribution in [-0.2, 0) is 4.74 Å². The monoisotopic (exact) mass is 365 g/mol. The number of nitrogens with one attached hydrogen (secondary N) is 1. The van der Waals surface area contributed by atoms with Crippen LogP contribution in [0.5, 0.6) is 0 Å². The Kier molecular flexibility index (Phi) is 4.76. The summed E-state index contributed by atoms with van der Waals surface area (Å²) >= 11 is 0. The van der Waals surface area contributed by atoms with E-state index in [9.17, 15) is 20.4 Å². The van der Waals surface area contributed by atoms with Gasteiger partial charge in [0.1, 0.15) is 24.6 Å². The molecule has 5 N–H and O–H groups in total. The summed E-state index contributed by atoms with van der Waals surface area (Å²) in [6, 6.07) is 0.204. The number of rotatable bonds is 4. The van der Waals surface area contributed by atoms with Crippen molar-refractivity contribution < 1.29 is 25.2 Å². The highest BCUT2D eigenvalue weighted by Crippen LogP contribution is 2.32. The summed E-state index contributed by atoms with van der Waals surface area (Å²) in [5.41, 5.74) is 1.00. The van der Waals surface area contributed by atoms with E-state index in [1.54, 1.807) is 0 Å². The molecule has 2 aliphatic rings. The Bertz CT molecular complexity index is 763. The number of aromatic nitrogens is 4. The van der Waals surface area contributed by atoms with Crippen LogP contribution in [0.3, 0.4) is 0 Å². The molecule has 1 saturated carbocycles. The number of aliphatic hydroxyl groups excluding tert-OH is 4. The zero-order valence-electron chi connectivity index (χ0n) is 14.1. The maximum atomic E-state index is 10.2. The van der Waals surface area contributed by atoms with Crippen molar-refractivity contribution in [3.05, 3.63) is 12.7 Å². The molecule has 2 unspecified atom stereocenters. The molecule has 4 atom stereocenters. The fourth-order valence-electron chi connectivity index (χ4n) is 3.67. The van der Waals surface area contributed by atoms with E-state index in [0.29, 0.717) is 17.0 Å². The first kappa shape index (κ1) is 17.6. The van der Waals surface area contributed by atoms with Gasteiger partial charge in [0.15, 0.2) is 23.2 Å². The molecule has 2 fully saturated rings. The molecule has 3 heterocycles. The Hall–Kier alpha value is -1.85. The van der Waals surface area contributed by atoms with Crippen LogP contribution in [0.4, 0.5) is 5.82 Å². The Balaban J connectivity index is 1.59. The van der Waals surface area contributed by atoms with Crippen LogP contribution in [-0.4, -0.2) is 77.0 Å². The molecule has 1 aliphatic carbocycles. The van der Waals surface area contributed by atoms with Gasteiger partial charge < -0.3 is 30.5 Å². The fourth-order valence-corrected chi connectivity index (χ4v) is 3.67. The third kappa shape index (κ3) is 3.03. The Morgan fingerprint density at radius 1 is 1.08 bits per heavy atom. The third-order valence-electron chi connectivity index (χ3n) is 5.19. The molecule has 2 aromatic heterocycles. The number of anilines is 1. The Labute approximate surface area is 149 Å². The van der Waals surface area contributed by atoms with Crippen LogP contribution in [0, 0.1) is 0 Å². The lowest BCUT2D eigenvalue weighted by Crippen LogP contribution is -2.33.